The number of piperidine rings is 1. The van der Waals surface area contributed by atoms with Crippen molar-refractivity contribution in [2.45, 2.75) is 56.7 Å². The third-order valence-electron chi connectivity index (χ3n) is 14.1. The van der Waals surface area contributed by atoms with Gasteiger partial charge in [0.15, 0.2) is 17.0 Å². The Morgan fingerprint density at radius 1 is 0.942 bits per heavy atom. The second-order valence-corrected chi connectivity index (χ2v) is 19.1. The van der Waals surface area contributed by atoms with Gasteiger partial charge in [-0.2, -0.15) is 5.10 Å². The molecule has 5 aliphatic heterocycles. The van der Waals surface area contributed by atoms with E-state index in [1.54, 1.807) is 58.8 Å². The zero-order chi connectivity index (χ0) is 47.7. The lowest BCUT2D eigenvalue weighted by Gasteiger charge is -2.40. The molecule has 0 aliphatic carbocycles. The molecule has 3 aromatic heterocycles. The fraction of sp³-hybridized carbons (Fsp3) is 0.375. The number of hydrogen-bond donors (Lipinski definition) is 2. The number of carbonyl (C=O) groups excluding carboxylic acids is 5. The van der Waals surface area contributed by atoms with Crippen LogP contribution in [0.5, 0.6) is 0 Å². The van der Waals surface area contributed by atoms with Gasteiger partial charge in [0.2, 0.25) is 11.8 Å². The zero-order valence-electron chi connectivity index (χ0n) is 37.5. The van der Waals surface area contributed by atoms with Crippen LogP contribution in [0.1, 0.15) is 64.1 Å². The monoisotopic (exact) mass is 960 g/mol. The van der Waals surface area contributed by atoms with E-state index in [1.165, 1.54) is 32.1 Å². The van der Waals surface area contributed by atoms with Crippen molar-refractivity contribution in [2.24, 2.45) is 7.05 Å². The van der Waals surface area contributed by atoms with Gasteiger partial charge in [-0.3, -0.25) is 44.3 Å². The van der Waals surface area contributed by atoms with Gasteiger partial charge in [-0.15, -0.1) is 11.3 Å². The van der Waals surface area contributed by atoms with Gasteiger partial charge in [0.05, 0.1) is 43.1 Å². The molecule has 21 heteroatoms. The number of alkyl halides is 2. The zero-order valence-corrected chi connectivity index (χ0v) is 38.4. The maximum absolute atomic E-state index is 16.0. The Hall–Kier alpha value is -7.13. The van der Waals surface area contributed by atoms with Crippen molar-refractivity contribution in [3.63, 3.8) is 0 Å². The first-order valence-electron chi connectivity index (χ1n) is 23.0. The summed E-state index contributed by atoms with van der Waals surface area (Å²) in [7, 11) is 1.68. The van der Waals surface area contributed by atoms with Gasteiger partial charge in [0, 0.05) is 92.2 Å². The Kier molecular flexibility index (Phi) is 11.2. The Bertz CT molecular complexity index is 3040. The van der Waals surface area contributed by atoms with Crippen LogP contribution in [-0.2, 0) is 40.9 Å². The maximum Gasteiger partial charge on any atom is 0.329 e. The number of aryl methyl sites for hydroxylation is 2. The quantitative estimate of drug-likeness (QED) is 0.178. The van der Waals surface area contributed by atoms with Gasteiger partial charge >= 0.3 is 6.03 Å². The van der Waals surface area contributed by atoms with E-state index >= 15 is 13.2 Å². The SMILES string of the molecule is Cn1nc(N2CCC(=O)NC2=O)c2ccc(C3CCN(CC(=O)N4CCN(c5ccc(-c6cc(F)c7c(c6)C(=O)N(C(C(=O)Nc6nccs6)c6ncn8c6CCC8)C7)cc5)CC4)CC3(F)F)cc21. The van der Waals surface area contributed by atoms with E-state index in [4.69, 9.17) is 0 Å². The molecule has 6 amide bonds. The predicted molar refractivity (Wildman–Crippen MR) is 249 cm³/mol. The molecule has 0 saturated carbocycles. The number of piperazine rings is 1. The van der Waals surface area contributed by atoms with Crippen molar-refractivity contribution in [1.29, 1.82) is 0 Å². The average Bonchev–Trinajstić information content (AvgIpc) is 4.19. The van der Waals surface area contributed by atoms with Gasteiger partial charge in [0.25, 0.3) is 17.7 Å². The number of carbonyl (C=O) groups is 5. The highest BCUT2D eigenvalue weighted by Crippen LogP contribution is 2.43. The summed E-state index contributed by atoms with van der Waals surface area (Å²) in [6.45, 7) is 2.35. The minimum Gasteiger partial charge on any atom is -0.368 e. The number of anilines is 3. The average molecular weight is 961 g/mol. The fourth-order valence-corrected chi connectivity index (χ4v) is 11.1. The summed E-state index contributed by atoms with van der Waals surface area (Å²) in [6.07, 6.45) is 5.15. The number of halogens is 3. The molecule has 0 radical (unpaired) electrons. The molecular weight excluding hydrogens is 914 g/mol. The molecule has 3 aromatic carbocycles. The van der Waals surface area contributed by atoms with Crippen molar-refractivity contribution in [3.05, 3.63) is 106 Å². The smallest absolute Gasteiger partial charge is 0.329 e. The molecule has 2 unspecified atom stereocenters. The Labute approximate surface area is 397 Å². The Balaban J connectivity index is 0.705. The number of imide groups is 1. The number of rotatable bonds is 10. The number of fused-ring (bicyclic) bond motifs is 3. The highest BCUT2D eigenvalue weighted by atomic mass is 32.1. The van der Waals surface area contributed by atoms with Crippen molar-refractivity contribution < 1.29 is 37.1 Å². The summed E-state index contributed by atoms with van der Waals surface area (Å²) in [5, 5.41) is 12.3. The van der Waals surface area contributed by atoms with Crippen molar-refractivity contribution in [1.82, 2.24) is 44.3 Å². The van der Waals surface area contributed by atoms with E-state index in [0.717, 1.165) is 24.3 Å². The molecule has 69 heavy (non-hydrogen) atoms. The molecule has 3 saturated heterocycles. The molecule has 6 aromatic rings. The Morgan fingerprint density at radius 3 is 2.51 bits per heavy atom. The van der Waals surface area contributed by atoms with Crippen LogP contribution < -0.4 is 20.4 Å². The standard InChI is InChI=1S/C48H47F3N12O5S/c1-57-38-23-29(6-9-32(38)43(56-57)62-15-11-39(64)54-47(62)68)35-10-14-58(26-48(35,50)51)25-40(65)60-18-16-59(17-19-60)31-7-4-28(5-8-31)30-21-33-34(36(49)22-30)24-63(45(33)67)42(44(66)55-46-52-12-20-69-46)41-37-3-2-13-61(37)27-53-41/h4-9,12,20-23,27,35,42H,2-3,10-11,13-19,24-26H2,1H3,(H,52,55,66)(H,54,64,68). The Morgan fingerprint density at radius 2 is 1.75 bits per heavy atom. The van der Waals surface area contributed by atoms with E-state index in [2.05, 4.69) is 30.6 Å². The van der Waals surface area contributed by atoms with Crippen LogP contribution in [0.4, 0.5) is 34.6 Å². The first kappa shape index (κ1) is 44.4. The minimum atomic E-state index is -3.11. The lowest BCUT2D eigenvalue weighted by molar-refractivity contribution is -0.136. The van der Waals surface area contributed by atoms with E-state index in [9.17, 15) is 24.0 Å². The highest BCUT2D eigenvalue weighted by molar-refractivity contribution is 7.13. The van der Waals surface area contributed by atoms with Crippen LogP contribution in [0.3, 0.4) is 0 Å². The van der Waals surface area contributed by atoms with Crippen molar-refractivity contribution >= 4 is 68.5 Å². The summed E-state index contributed by atoms with van der Waals surface area (Å²) in [5.74, 6) is -5.88. The highest BCUT2D eigenvalue weighted by Gasteiger charge is 2.46. The fourth-order valence-electron chi connectivity index (χ4n) is 10.5. The van der Waals surface area contributed by atoms with Gasteiger partial charge < -0.3 is 19.3 Å². The van der Waals surface area contributed by atoms with E-state index in [1.807, 2.05) is 28.8 Å². The third kappa shape index (κ3) is 8.15. The second kappa shape index (κ2) is 17.4. The molecule has 356 valence electrons. The third-order valence-corrected chi connectivity index (χ3v) is 14.8. The summed E-state index contributed by atoms with van der Waals surface area (Å²) >= 11 is 1.26. The summed E-state index contributed by atoms with van der Waals surface area (Å²) < 4.78 is 51.4. The van der Waals surface area contributed by atoms with Gasteiger partial charge in [0.1, 0.15) is 5.82 Å². The molecule has 0 spiro atoms. The number of aromatic nitrogens is 5. The lowest BCUT2D eigenvalue weighted by Crippen LogP contribution is -2.54. The van der Waals surface area contributed by atoms with Crippen LogP contribution in [0, 0.1) is 5.82 Å². The van der Waals surface area contributed by atoms with Crippen LogP contribution in [0.2, 0.25) is 0 Å². The number of nitrogens with zero attached hydrogens (tertiary/aromatic N) is 10. The van der Waals surface area contributed by atoms with Gasteiger partial charge in [-0.1, -0.05) is 18.2 Å². The lowest BCUT2D eigenvalue weighted by atomic mass is 9.85. The first-order valence-corrected chi connectivity index (χ1v) is 23.9. The molecule has 17 nitrogen and oxygen atoms in total. The number of imidazole rings is 1. The van der Waals surface area contributed by atoms with E-state index in [0.29, 0.717) is 83.4 Å². The number of nitrogens with one attached hydrogen (secondary N) is 2. The topological polar surface area (TPSA) is 174 Å². The molecule has 5 aliphatic rings. The summed E-state index contributed by atoms with van der Waals surface area (Å²) in [4.78, 5) is 82.6. The number of amides is 6. The van der Waals surface area contributed by atoms with E-state index < -0.39 is 48.1 Å². The molecule has 3 fully saturated rings. The van der Waals surface area contributed by atoms with E-state index in [-0.39, 0.29) is 55.4 Å². The molecule has 11 rings (SSSR count). The molecule has 2 N–H and O–H groups in total. The van der Waals surface area contributed by atoms with Crippen LogP contribution in [0.25, 0.3) is 22.0 Å². The van der Waals surface area contributed by atoms with Gasteiger partial charge in [-0.25, -0.2) is 27.9 Å². The number of benzene rings is 3. The summed E-state index contributed by atoms with van der Waals surface area (Å²) in [6, 6.07) is 14.0. The number of urea groups is 1. The molecular formula is C48H47F3N12O5S. The molecule has 0 bridgehead atoms. The minimum absolute atomic E-state index is 0.0943. The molecule has 8 heterocycles. The number of likely N-dealkylation sites (tertiary alicyclic amines) is 1. The number of thiazole rings is 1. The van der Waals surface area contributed by atoms with Crippen LogP contribution >= 0.6 is 11.3 Å². The summed E-state index contributed by atoms with van der Waals surface area (Å²) in [5.41, 5.74) is 4.91. The largest absolute Gasteiger partial charge is 0.368 e. The van der Waals surface area contributed by atoms with Gasteiger partial charge in [-0.05, 0) is 78.9 Å². The maximum atomic E-state index is 16.0. The first-order chi connectivity index (χ1) is 33.3. The second-order valence-electron chi connectivity index (χ2n) is 18.2. The number of hydrogen-bond acceptors (Lipinski definition) is 11. The van der Waals surface area contributed by atoms with Crippen LogP contribution in [0.15, 0.2) is 72.5 Å². The van der Waals surface area contributed by atoms with Crippen molar-refractivity contribution in [2.75, 3.05) is 67.5 Å². The van der Waals surface area contributed by atoms with Crippen molar-refractivity contribution in [3.8, 4) is 11.1 Å². The predicted octanol–water partition coefficient (Wildman–Crippen LogP) is 5.53. The molecule has 2 atom stereocenters. The van der Waals surface area contributed by atoms with Crippen LogP contribution in [-0.4, -0.2) is 127 Å². The normalized spacial score (nSPS) is 19.8.